The number of unbranched alkanes of at least 4 members (excludes halogenated alkanes) is 24. The van der Waals surface area contributed by atoms with Crippen molar-refractivity contribution in [1.82, 2.24) is 0 Å². The van der Waals surface area contributed by atoms with Gasteiger partial charge >= 0.3 is 25.7 Å². The number of phosphoric acid groups is 1. The van der Waals surface area contributed by atoms with Crippen LogP contribution in [0, 0.1) is 0 Å². The number of carbonyl (C=O) groups is 3. The molecular weight excluding hydrogens is 952 g/mol. The highest BCUT2D eigenvalue weighted by molar-refractivity contribution is 7.47. The summed E-state index contributed by atoms with van der Waals surface area (Å²) in [6.07, 6.45) is 64.2. The fraction of sp³-hybridized carbons (Fsp3) is 0.726. The predicted octanol–water partition coefficient (Wildman–Crippen LogP) is 17.5. The molecular formula is C62H107O11P. The summed E-state index contributed by atoms with van der Waals surface area (Å²) in [7, 11) is -4.77. The lowest BCUT2D eigenvalue weighted by molar-refractivity contribution is -0.161. The second-order valence-corrected chi connectivity index (χ2v) is 20.9. The van der Waals surface area contributed by atoms with Crippen LogP contribution >= 0.6 is 7.82 Å². The molecule has 0 aromatic carbocycles. The van der Waals surface area contributed by atoms with Crippen LogP contribution in [0.15, 0.2) is 85.1 Å². The Bertz CT molecular complexity index is 1560. The first-order chi connectivity index (χ1) is 36.2. The van der Waals surface area contributed by atoms with Crippen LogP contribution < -0.4 is 0 Å². The highest BCUT2D eigenvalue weighted by Gasteiger charge is 2.28. The van der Waals surface area contributed by atoms with Gasteiger partial charge in [-0.15, -0.1) is 0 Å². The molecule has 0 aliphatic rings. The van der Waals surface area contributed by atoms with Crippen molar-refractivity contribution in [2.45, 2.75) is 264 Å². The fourth-order valence-electron chi connectivity index (χ4n) is 7.87. The number of hydrogen-bond acceptors (Lipinski definition) is 10. The van der Waals surface area contributed by atoms with Crippen LogP contribution in [0.4, 0.5) is 0 Å². The molecule has 0 saturated heterocycles. The zero-order chi connectivity index (χ0) is 54.1. The van der Waals surface area contributed by atoms with Gasteiger partial charge in [-0.2, -0.15) is 0 Å². The second kappa shape index (κ2) is 55.9. The Labute approximate surface area is 451 Å². The van der Waals surface area contributed by atoms with E-state index in [1.54, 1.807) is 6.08 Å². The van der Waals surface area contributed by atoms with Gasteiger partial charge in [-0.3, -0.25) is 23.4 Å². The van der Waals surface area contributed by atoms with Gasteiger partial charge in [0.25, 0.3) is 0 Å². The van der Waals surface area contributed by atoms with Crippen LogP contribution in [0.3, 0.4) is 0 Å². The maximum atomic E-state index is 12.9. The lowest BCUT2D eigenvalue weighted by Gasteiger charge is -2.21. The number of ether oxygens (including phenoxy) is 3. The molecule has 0 aromatic rings. The minimum Gasteiger partial charge on any atom is -0.461 e. The molecule has 3 unspecified atom stereocenters. The first-order valence-corrected chi connectivity index (χ1v) is 31.0. The molecule has 0 bridgehead atoms. The van der Waals surface area contributed by atoms with E-state index in [1.165, 1.54) is 109 Å². The molecule has 0 rings (SSSR count). The normalized spacial score (nSPS) is 14.0. The maximum absolute atomic E-state index is 12.9. The third-order valence-electron chi connectivity index (χ3n) is 12.3. The summed E-state index contributed by atoms with van der Waals surface area (Å²) in [4.78, 5) is 48.5. The van der Waals surface area contributed by atoms with E-state index in [2.05, 4.69) is 87.6 Å². The third-order valence-corrected chi connectivity index (χ3v) is 13.3. The standard InChI is InChI=1S/C62H107O11P/c1-4-7-10-13-16-19-22-25-28-29-32-35-38-41-44-47-50-53-62(66)73-59(55-69-60(64)51-48-45-42-39-36-33-30-26-23-20-17-14-11-8-5-2)57-71-74(67,68)70-56-58(54-63)72-61(65)52-49-46-43-40-37-34-31-27-24-21-18-15-12-9-6-3/h8,11,16-17,19-20,25-26,28,30,36,39,45,48,58-59,63H,4-7,9-10,12-15,18,21-24,27,29,31-35,37-38,40-44,46-47,49-57H2,1-3H3,(H,67,68)/b11-8-,19-16-,20-17-,28-25-,30-26-,39-36-,48-45-. The van der Waals surface area contributed by atoms with Crippen molar-refractivity contribution < 1.29 is 52.2 Å². The summed E-state index contributed by atoms with van der Waals surface area (Å²) in [6, 6.07) is 0. The van der Waals surface area contributed by atoms with E-state index in [0.717, 1.165) is 83.5 Å². The lowest BCUT2D eigenvalue weighted by atomic mass is 10.0. The predicted molar refractivity (Wildman–Crippen MR) is 307 cm³/mol. The van der Waals surface area contributed by atoms with Crippen molar-refractivity contribution in [1.29, 1.82) is 0 Å². The number of hydrogen-bond donors (Lipinski definition) is 2. The maximum Gasteiger partial charge on any atom is 0.472 e. The summed E-state index contributed by atoms with van der Waals surface area (Å²) in [5.74, 6) is -1.62. The number of rotatable bonds is 54. The molecule has 11 nitrogen and oxygen atoms in total. The Balaban J connectivity index is 4.81. The number of esters is 3. The van der Waals surface area contributed by atoms with Crippen molar-refractivity contribution in [2.24, 2.45) is 0 Å². The highest BCUT2D eigenvalue weighted by atomic mass is 31.2. The zero-order valence-electron chi connectivity index (χ0n) is 47.0. The molecule has 2 N–H and O–H groups in total. The summed E-state index contributed by atoms with van der Waals surface area (Å²) >= 11 is 0. The number of aliphatic hydroxyl groups is 1. The van der Waals surface area contributed by atoms with E-state index in [0.29, 0.717) is 19.3 Å². The van der Waals surface area contributed by atoms with Gasteiger partial charge in [-0.05, 0) is 77.0 Å². The van der Waals surface area contributed by atoms with Crippen LogP contribution in [0.5, 0.6) is 0 Å². The average Bonchev–Trinajstić information content (AvgIpc) is 3.39. The summed E-state index contributed by atoms with van der Waals surface area (Å²) in [6.45, 7) is 4.40. The second-order valence-electron chi connectivity index (χ2n) is 19.4. The van der Waals surface area contributed by atoms with E-state index in [-0.39, 0.29) is 19.3 Å². The zero-order valence-corrected chi connectivity index (χ0v) is 47.9. The van der Waals surface area contributed by atoms with Crippen molar-refractivity contribution in [3.05, 3.63) is 85.1 Å². The monoisotopic (exact) mass is 1060 g/mol. The van der Waals surface area contributed by atoms with E-state index in [4.69, 9.17) is 23.3 Å². The smallest absolute Gasteiger partial charge is 0.461 e. The third kappa shape index (κ3) is 53.5. The number of aliphatic hydroxyl groups excluding tert-OH is 1. The first kappa shape index (κ1) is 70.7. The van der Waals surface area contributed by atoms with Gasteiger partial charge in [0.05, 0.1) is 26.2 Å². The highest BCUT2D eigenvalue weighted by Crippen LogP contribution is 2.43. The van der Waals surface area contributed by atoms with Gasteiger partial charge in [0, 0.05) is 12.8 Å². The molecule has 3 atom stereocenters. The van der Waals surface area contributed by atoms with Crippen LogP contribution in [-0.4, -0.2) is 66.5 Å². The molecule has 0 aliphatic carbocycles. The molecule has 0 saturated carbocycles. The van der Waals surface area contributed by atoms with Crippen molar-refractivity contribution in [3.63, 3.8) is 0 Å². The largest absolute Gasteiger partial charge is 0.472 e. The van der Waals surface area contributed by atoms with Crippen LogP contribution in [-0.2, 0) is 42.2 Å². The number of phosphoric ester groups is 1. The Morgan fingerprint density at radius 3 is 1.18 bits per heavy atom. The molecule has 12 heteroatoms. The van der Waals surface area contributed by atoms with Gasteiger partial charge in [-0.1, -0.05) is 241 Å². The molecule has 0 amide bonds. The van der Waals surface area contributed by atoms with E-state index >= 15 is 0 Å². The summed E-state index contributed by atoms with van der Waals surface area (Å²) in [5.41, 5.74) is 0. The minimum absolute atomic E-state index is 0.00902. The van der Waals surface area contributed by atoms with Crippen molar-refractivity contribution >= 4 is 25.7 Å². The summed E-state index contributed by atoms with van der Waals surface area (Å²) in [5, 5.41) is 9.82. The SMILES string of the molecule is CC/C=C\C/C=C\C/C=C\C/C=C\C/C=C\CC(=O)OCC(COP(=O)(O)OCC(CO)OC(=O)CCCCCCCCCCCCCCCCC)OC(=O)CCCCCCCCC/C=C\C/C=C\CCCCC. The van der Waals surface area contributed by atoms with Crippen LogP contribution in [0.1, 0.15) is 252 Å². The minimum atomic E-state index is -4.77. The quantitative estimate of drug-likeness (QED) is 0.0197. The van der Waals surface area contributed by atoms with Gasteiger partial charge in [0.2, 0.25) is 0 Å². The number of carbonyl (C=O) groups excluding carboxylic acids is 3. The Morgan fingerprint density at radius 1 is 0.405 bits per heavy atom. The van der Waals surface area contributed by atoms with Crippen LogP contribution in [0.2, 0.25) is 0 Å². The van der Waals surface area contributed by atoms with Crippen molar-refractivity contribution in [3.8, 4) is 0 Å². The van der Waals surface area contributed by atoms with Gasteiger partial charge in [0.1, 0.15) is 12.7 Å². The first-order valence-electron chi connectivity index (χ1n) is 29.5. The lowest BCUT2D eigenvalue weighted by Crippen LogP contribution is -2.30. The van der Waals surface area contributed by atoms with E-state index in [1.807, 2.05) is 12.2 Å². The van der Waals surface area contributed by atoms with Gasteiger partial charge in [0.15, 0.2) is 6.10 Å². The van der Waals surface area contributed by atoms with Gasteiger partial charge < -0.3 is 24.2 Å². The molecule has 0 aliphatic heterocycles. The van der Waals surface area contributed by atoms with Gasteiger partial charge in [-0.25, -0.2) is 4.57 Å². The Hall–Kier alpha value is -3.34. The molecule has 74 heavy (non-hydrogen) atoms. The Morgan fingerprint density at radius 2 is 0.743 bits per heavy atom. The Kier molecular flexibility index (Phi) is 53.4. The van der Waals surface area contributed by atoms with Crippen LogP contribution in [0.25, 0.3) is 0 Å². The summed E-state index contributed by atoms with van der Waals surface area (Å²) < 4.78 is 39.4. The van der Waals surface area contributed by atoms with E-state index in [9.17, 15) is 28.9 Å². The molecule has 0 aromatic heterocycles. The fourth-order valence-corrected chi connectivity index (χ4v) is 8.66. The topological polar surface area (TPSA) is 155 Å². The molecule has 426 valence electrons. The van der Waals surface area contributed by atoms with E-state index < -0.39 is 64.4 Å². The average molecular weight is 1060 g/mol. The van der Waals surface area contributed by atoms with Crippen molar-refractivity contribution in [2.75, 3.05) is 26.4 Å². The molecule has 0 radical (unpaired) electrons. The molecule has 0 spiro atoms. The molecule has 0 fully saturated rings. The number of allylic oxidation sites excluding steroid dienone is 13. The molecule has 0 heterocycles.